The second kappa shape index (κ2) is 10.2. The zero-order valence-corrected chi connectivity index (χ0v) is 16.6. The molecular formula is C19H24Cl2N4O. The summed E-state index contributed by atoms with van der Waals surface area (Å²) in [6, 6.07) is 10.8. The van der Waals surface area contributed by atoms with Crippen molar-refractivity contribution >= 4 is 29.2 Å². The van der Waals surface area contributed by atoms with Gasteiger partial charge < -0.3 is 14.8 Å². The molecule has 0 saturated carbocycles. The van der Waals surface area contributed by atoms with Crippen LogP contribution in [0, 0.1) is 0 Å². The summed E-state index contributed by atoms with van der Waals surface area (Å²) in [5, 5.41) is 4.45. The topological polar surface area (TPSA) is 49.6 Å². The molecule has 0 bridgehead atoms. The highest BCUT2D eigenvalue weighted by Crippen LogP contribution is 2.23. The maximum Gasteiger partial charge on any atom is 0.250 e. The molecule has 1 N–H and O–H groups in total. The number of guanidine groups is 1. The number of nitrogens with one attached hydrogen (secondary N) is 1. The third-order valence-corrected chi connectivity index (χ3v) is 4.72. The van der Waals surface area contributed by atoms with Crippen LogP contribution in [0.15, 0.2) is 52.4 Å². The largest absolute Gasteiger partial charge is 0.356 e. The maximum absolute atomic E-state index is 11.6. The fourth-order valence-corrected chi connectivity index (χ4v) is 2.94. The molecule has 0 aliphatic carbocycles. The van der Waals surface area contributed by atoms with Crippen LogP contribution in [0.1, 0.15) is 18.4 Å². The highest BCUT2D eigenvalue weighted by Gasteiger charge is 2.07. The van der Waals surface area contributed by atoms with Crippen molar-refractivity contribution in [3.05, 3.63) is 68.6 Å². The number of pyridine rings is 1. The lowest BCUT2D eigenvalue weighted by Gasteiger charge is -2.22. The Labute approximate surface area is 164 Å². The van der Waals surface area contributed by atoms with Gasteiger partial charge in [-0.1, -0.05) is 35.3 Å². The number of aromatic nitrogens is 1. The molecule has 5 nitrogen and oxygen atoms in total. The third-order valence-electron chi connectivity index (χ3n) is 3.99. The summed E-state index contributed by atoms with van der Waals surface area (Å²) in [5.74, 6) is 0.813. The number of unbranched alkanes of at least 4 members (excludes halogenated alkanes) is 1. The molecule has 26 heavy (non-hydrogen) atoms. The van der Waals surface area contributed by atoms with Crippen LogP contribution in [-0.4, -0.2) is 36.1 Å². The Morgan fingerprint density at radius 3 is 2.69 bits per heavy atom. The number of hydrogen-bond acceptors (Lipinski definition) is 2. The fraction of sp³-hybridized carbons (Fsp3) is 0.368. The molecule has 140 valence electrons. The van der Waals surface area contributed by atoms with E-state index >= 15 is 0 Å². The molecule has 1 aromatic carbocycles. The van der Waals surface area contributed by atoms with E-state index in [4.69, 9.17) is 23.2 Å². The van der Waals surface area contributed by atoms with E-state index in [9.17, 15) is 4.79 Å². The highest BCUT2D eigenvalue weighted by molar-refractivity contribution is 6.42. The molecule has 0 amide bonds. The molecule has 0 atom stereocenters. The minimum Gasteiger partial charge on any atom is -0.356 e. The zero-order chi connectivity index (χ0) is 18.9. The molecule has 0 fully saturated rings. The maximum atomic E-state index is 11.6. The normalized spacial score (nSPS) is 11.5. The molecule has 2 aromatic rings. The predicted molar refractivity (Wildman–Crippen MR) is 109 cm³/mol. The smallest absolute Gasteiger partial charge is 0.250 e. The quantitative estimate of drug-likeness (QED) is 0.442. The molecule has 0 unspecified atom stereocenters. The molecule has 7 heteroatoms. The number of rotatable bonds is 7. The predicted octanol–water partition coefficient (Wildman–Crippen LogP) is 3.64. The van der Waals surface area contributed by atoms with Crippen molar-refractivity contribution in [2.45, 2.75) is 25.9 Å². The molecular weight excluding hydrogens is 371 g/mol. The van der Waals surface area contributed by atoms with Crippen molar-refractivity contribution < 1.29 is 0 Å². The van der Waals surface area contributed by atoms with Gasteiger partial charge in [0.05, 0.1) is 10.0 Å². The van der Waals surface area contributed by atoms with Crippen LogP contribution in [-0.2, 0) is 13.1 Å². The molecule has 1 aromatic heterocycles. The van der Waals surface area contributed by atoms with Gasteiger partial charge in [0.15, 0.2) is 5.96 Å². The van der Waals surface area contributed by atoms with Gasteiger partial charge in [-0.2, -0.15) is 0 Å². The fourth-order valence-electron chi connectivity index (χ4n) is 2.62. The molecule has 0 radical (unpaired) electrons. The number of aryl methyl sites for hydroxylation is 1. The number of halogens is 2. The van der Waals surface area contributed by atoms with E-state index in [2.05, 4.69) is 10.3 Å². The van der Waals surface area contributed by atoms with E-state index in [0.29, 0.717) is 16.6 Å². The first-order valence-electron chi connectivity index (χ1n) is 8.52. The molecule has 1 heterocycles. The van der Waals surface area contributed by atoms with Gasteiger partial charge in [-0.05, 0) is 36.6 Å². The van der Waals surface area contributed by atoms with Gasteiger partial charge in [0.1, 0.15) is 0 Å². The first kappa shape index (κ1) is 20.3. The zero-order valence-electron chi connectivity index (χ0n) is 15.1. The Morgan fingerprint density at radius 1 is 1.19 bits per heavy atom. The van der Waals surface area contributed by atoms with Crippen molar-refractivity contribution in [3.63, 3.8) is 0 Å². The second-order valence-electron chi connectivity index (χ2n) is 6.02. The Balaban J connectivity index is 1.77. The molecule has 0 aliphatic rings. The number of benzene rings is 1. The summed E-state index contributed by atoms with van der Waals surface area (Å²) in [4.78, 5) is 18.0. The van der Waals surface area contributed by atoms with E-state index in [1.807, 2.05) is 36.3 Å². The van der Waals surface area contributed by atoms with Crippen LogP contribution in [0.3, 0.4) is 0 Å². The average Bonchev–Trinajstić information content (AvgIpc) is 2.62. The Morgan fingerprint density at radius 2 is 2.00 bits per heavy atom. The van der Waals surface area contributed by atoms with E-state index in [1.165, 1.54) is 0 Å². The van der Waals surface area contributed by atoms with Gasteiger partial charge in [-0.15, -0.1) is 0 Å². The van der Waals surface area contributed by atoms with Crippen LogP contribution in [0.5, 0.6) is 0 Å². The van der Waals surface area contributed by atoms with E-state index < -0.39 is 0 Å². The first-order valence-corrected chi connectivity index (χ1v) is 9.28. The number of aliphatic imine (C=N–C) groups is 1. The van der Waals surface area contributed by atoms with Crippen molar-refractivity contribution in [2.24, 2.45) is 4.99 Å². The van der Waals surface area contributed by atoms with Gasteiger partial charge >= 0.3 is 0 Å². The highest BCUT2D eigenvalue weighted by atomic mass is 35.5. The average molecular weight is 395 g/mol. The molecule has 0 saturated heterocycles. The Bertz CT molecular complexity index is 804. The second-order valence-corrected chi connectivity index (χ2v) is 6.83. The van der Waals surface area contributed by atoms with Crippen molar-refractivity contribution in [1.29, 1.82) is 0 Å². The SMILES string of the molecule is CN=C(NCCCCn1ccccc1=O)N(C)Cc1ccc(Cl)c(Cl)c1. The summed E-state index contributed by atoms with van der Waals surface area (Å²) in [6.07, 6.45) is 3.69. The first-order chi connectivity index (χ1) is 12.5. The van der Waals surface area contributed by atoms with Gasteiger partial charge in [0.25, 0.3) is 0 Å². The van der Waals surface area contributed by atoms with Crippen LogP contribution in [0.2, 0.25) is 10.0 Å². The van der Waals surface area contributed by atoms with Crippen LogP contribution >= 0.6 is 23.2 Å². The minimum absolute atomic E-state index is 0.0395. The minimum atomic E-state index is 0.0395. The van der Waals surface area contributed by atoms with E-state index in [0.717, 1.165) is 37.5 Å². The van der Waals surface area contributed by atoms with Crippen LogP contribution in [0.25, 0.3) is 0 Å². The summed E-state index contributed by atoms with van der Waals surface area (Å²) < 4.78 is 1.73. The number of hydrogen-bond donors (Lipinski definition) is 1. The van der Waals surface area contributed by atoms with Gasteiger partial charge in [0.2, 0.25) is 5.56 Å². The van der Waals surface area contributed by atoms with E-state index in [-0.39, 0.29) is 5.56 Å². The lowest BCUT2D eigenvalue weighted by atomic mass is 10.2. The van der Waals surface area contributed by atoms with E-state index in [1.54, 1.807) is 29.8 Å². The number of nitrogens with zero attached hydrogens (tertiary/aromatic N) is 3. The van der Waals surface area contributed by atoms with Crippen LogP contribution in [0.4, 0.5) is 0 Å². The van der Waals surface area contributed by atoms with Crippen molar-refractivity contribution in [1.82, 2.24) is 14.8 Å². The monoisotopic (exact) mass is 394 g/mol. The Hall–Kier alpha value is -1.98. The van der Waals surface area contributed by atoms with Gasteiger partial charge in [-0.25, -0.2) is 0 Å². The Kier molecular flexibility index (Phi) is 8.01. The molecule has 0 spiro atoms. The van der Waals surface area contributed by atoms with Crippen molar-refractivity contribution in [3.8, 4) is 0 Å². The summed E-state index contributed by atoms with van der Waals surface area (Å²) in [5.41, 5.74) is 1.10. The van der Waals surface area contributed by atoms with Crippen molar-refractivity contribution in [2.75, 3.05) is 20.6 Å². The lowest BCUT2D eigenvalue weighted by Crippen LogP contribution is -2.38. The standard InChI is InChI=1S/C19H24Cl2N4O/c1-22-19(24(2)14-15-8-9-16(20)17(21)13-15)23-10-4-6-12-25-11-5-3-7-18(25)26/h3,5,7-9,11,13H,4,6,10,12,14H2,1-2H3,(H,22,23). The van der Waals surface area contributed by atoms with Gasteiger partial charge in [-0.3, -0.25) is 9.79 Å². The third kappa shape index (κ3) is 6.07. The summed E-state index contributed by atoms with van der Waals surface area (Å²) in [6.45, 7) is 2.19. The molecule has 0 aliphatic heterocycles. The van der Waals surface area contributed by atoms with Crippen LogP contribution < -0.4 is 10.9 Å². The summed E-state index contributed by atoms with van der Waals surface area (Å²) >= 11 is 12.0. The molecule has 2 rings (SSSR count). The summed E-state index contributed by atoms with van der Waals surface area (Å²) in [7, 11) is 3.73. The van der Waals surface area contributed by atoms with Gasteiger partial charge in [0, 0.05) is 46.0 Å². The lowest BCUT2D eigenvalue weighted by molar-refractivity contribution is 0.473.